The smallest absolute Gasteiger partial charge is 0.182 e. The van der Waals surface area contributed by atoms with E-state index in [1.165, 1.54) is 11.5 Å². The average Bonchev–Trinajstić information content (AvgIpc) is 3.26. The molecule has 4 heterocycles. The molecule has 0 saturated carbocycles. The Balaban J connectivity index is 1.29. The predicted molar refractivity (Wildman–Crippen MR) is 87.2 cm³/mol. The Labute approximate surface area is 137 Å². The molecule has 2 fully saturated rings. The molecule has 2 aromatic heterocycles. The van der Waals surface area contributed by atoms with Crippen molar-refractivity contribution in [2.24, 2.45) is 0 Å². The van der Waals surface area contributed by atoms with Gasteiger partial charge in [0.05, 0.1) is 23.9 Å². The number of hydrogen-bond acceptors (Lipinski definition) is 8. The maximum Gasteiger partial charge on any atom is 0.182 e. The summed E-state index contributed by atoms with van der Waals surface area (Å²) in [7, 11) is 0. The predicted octanol–water partition coefficient (Wildman–Crippen LogP) is 2.23. The van der Waals surface area contributed by atoms with Gasteiger partial charge in [-0.1, -0.05) is 4.49 Å². The molecule has 1 atom stereocenters. The van der Waals surface area contributed by atoms with Gasteiger partial charge in [0.2, 0.25) is 0 Å². The van der Waals surface area contributed by atoms with Crippen LogP contribution in [-0.4, -0.2) is 50.8 Å². The van der Waals surface area contributed by atoms with Crippen LogP contribution < -0.4 is 5.32 Å². The Bertz CT molecular complexity index is 580. The lowest BCUT2D eigenvalue weighted by molar-refractivity contribution is -0.0449. The molecule has 2 saturated heterocycles. The molecule has 22 heavy (non-hydrogen) atoms. The van der Waals surface area contributed by atoms with Gasteiger partial charge in [0.15, 0.2) is 5.13 Å². The lowest BCUT2D eigenvalue weighted by atomic mass is 9.87. The van der Waals surface area contributed by atoms with Crippen LogP contribution in [0.15, 0.2) is 17.0 Å². The summed E-state index contributed by atoms with van der Waals surface area (Å²) in [5.74, 6) is 0. The first kappa shape index (κ1) is 14.5. The topological polar surface area (TPSA) is 63.2 Å². The molecule has 0 aliphatic carbocycles. The van der Waals surface area contributed by atoms with Crippen LogP contribution in [0.1, 0.15) is 25.0 Å². The van der Waals surface area contributed by atoms with E-state index in [1.807, 2.05) is 17.0 Å². The molecule has 2 aromatic rings. The summed E-state index contributed by atoms with van der Waals surface area (Å²) in [6.07, 6.45) is 5.12. The first-order chi connectivity index (χ1) is 10.8. The van der Waals surface area contributed by atoms with Gasteiger partial charge in [-0.25, -0.2) is 4.98 Å². The third-order valence-corrected chi connectivity index (χ3v) is 5.78. The van der Waals surface area contributed by atoms with E-state index in [0.717, 1.165) is 56.3 Å². The first-order valence-corrected chi connectivity index (χ1v) is 9.31. The highest BCUT2D eigenvalue weighted by molar-refractivity contribution is 7.13. The van der Waals surface area contributed by atoms with Gasteiger partial charge in [0.1, 0.15) is 0 Å². The van der Waals surface area contributed by atoms with Gasteiger partial charge in [0, 0.05) is 36.6 Å². The van der Waals surface area contributed by atoms with Crippen LogP contribution in [0.3, 0.4) is 0 Å². The highest BCUT2D eigenvalue weighted by Crippen LogP contribution is 2.37. The third kappa shape index (κ3) is 3.15. The monoisotopic (exact) mass is 337 g/mol. The lowest BCUT2D eigenvalue weighted by Gasteiger charge is -2.38. The van der Waals surface area contributed by atoms with Crippen molar-refractivity contribution in [1.82, 2.24) is 19.5 Å². The highest BCUT2D eigenvalue weighted by atomic mass is 32.1. The van der Waals surface area contributed by atoms with Gasteiger partial charge in [-0.15, -0.1) is 16.4 Å². The standard InChI is InChI=1S/C14H19N5OS2/c1-4-19(8-12-10-22-18-17-12)5-2-14(1)7-11(9-20-14)16-13-15-3-6-21-13/h3,6,10-11H,1-2,4-5,7-9H2,(H,15,16). The summed E-state index contributed by atoms with van der Waals surface area (Å²) in [5.41, 5.74) is 1.14. The summed E-state index contributed by atoms with van der Waals surface area (Å²) in [4.78, 5) is 6.75. The molecule has 0 radical (unpaired) electrons. The number of nitrogens with one attached hydrogen (secondary N) is 1. The fourth-order valence-corrected chi connectivity index (χ4v) is 4.40. The maximum absolute atomic E-state index is 6.19. The second-order valence-electron chi connectivity index (χ2n) is 6.05. The van der Waals surface area contributed by atoms with Crippen LogP contribution in [0.25, 0.3) is 0 Å². The number of anilines is 1. The van der Waals surface area contributed by atoms with Gasteiger partial charge in [0.25, 0.3) is 0 Å². The molecule has 2 aliphatic rings. The molecule has 1 unspecified atom stereocenters. The third-order valence-electron chi connectivity index (χ3n) is 4.53. The Hall–Kier alpha value is -1.09. The molecule has 4 rings (SSSR count). The van der Waals surface area contributed by atoms with E-state index in [2.05, 4.69) is 24.8 Å². The molecule has 0 amide bonds. The zero-order chi connectivity index (χ0) is 14.8. The minimum atomic E-state index is 0.0613. The van der Waals surface area contributed by atoms with E-state index in [0.29, 0.717) is 6.04 Å². The number of ether oxygens (including phenoxy) is 1. The summed E-state index contributed by atoms with van der Waals surface area (Å²) in [6.45, 7) is 3.84. The van der Waals surface area contributed by atoms with Gasteiger partial charge >= 0.3 is 0 Å². The molecule has 1 N–H and O–H groups in total. The number of hydrogen-bond donors (Lipinski definition) is 1. The second-order valence-corrected chi connectivity index (χ2v) is 7.55. The number of likely N-dealkylation sites (tertiary alicyclic amines) is 1. The Kier molecular flexibility index (Phi) is 4.08. The number of thiazole rings is 1. The zero-order valence-corrected chi connectivity index (χ0v) is 13.9. The zero-order valence-electron chi connectivity index (χ0n) is 12.3. The van der Waals surface area contributed by atoms with E-state index in [-0.39, 0.29) is 5.60 Å². The minimum absolute atomic E-state index is 0.0613. The van der Waals surface area contributed by atoms with Crippen LogP contribution in [0.4, 0.5) is 5.13 Å². The Morgan fingerprint density at radius 3 is 3.05 bits per heavy atom. The first-order valence-electron chi connectivity index (χ1n) is 7.60. The highest BCUT2D eigenvalue weighted by Gasteiger charge is 2.42. The average molecular weight is 337 g/mol. The van der Waals surface area contributed by atoms with Crippen LogP contribution in [0, 0.1) is 0 Å². The Morgan fingerprint density at radius 1 is 1.41 bits per heavy atom. The molecular weight excluding hydrogens is 318 g/mol. The fourth-order valence-electron chi connectivity index (χ4n) is 3.36. The summed E-state index contributed by atoms with van der Waals surface area (Å²) in [6, 6.07) is 0.389. The van der Waals surface area contributed by atoms with Crippen molar-refractivity contribution < 1.29 is 4.74 Å². The molecule has 6 nitrogen and oxygen atoms in total. The number of aromatic nitrogens is 3. The van der Waals surface area contributed by atoms with E-state index >= 15 is 0 Å². The maximum atomic E-state index is 6.19. The lowest BCUT2D eigenvalue weighted by Crippen LogP contribution is -2.44. The number of nitrogens with zero attached hydrogens (tertiary/aromatic N) is 4. The largest absolute Gasteiger partial charge is 0.373 e. The Morgan fingerprint density at radius 2 is 2.32 bits per heavy atom. The van der Waals surface area contributed by atoms with Crippen molar-refractivity contribution in [2.45, 2.75) is 37.5 Å². The van der Waals surface area contributed by atoms with E-state index in [9.17, 15) is 0 Å². The molecule has 8 heteroatoms. The quantitative estimate of drug-likeness (QED) is 0.923. The van der Waals surface area contributed by atoms with E-state index < -0.39 is 0 Å². The van der Waals surface area contributed by atoms with E-state index in [4.69, 9.17) is 4.74 Å². The van der Waals surface area contributed by atoms with Crippen molar-refractivity contribution >= 4 is 28.0 Å². The van der Waals surface area contributed by atoms with Crippen molar-refractivity contribution in [2.75, 3.05) is 25.0 Å². The van der Waals surface area contributed by atoms with Crippen LogP contribution in [0.2, 0.25) is 0 Å². The molecular formula is C14H19N5OS2. The van der Waals surface area contributed by atoms with Crippen molar-refractivity contribution in [3.63, 3.8) is 0 Å². The van der Waals surface area contributed by atoms with Gasteiger partial charge in [-0.3, -0.25) is 4.90 Å². The molecule has 1 spiro atoms. The molecule has 2 aliphatic heterocycles. The normalized spacial score (nSPS) is 24.8. The van der Waals surface area contributed by atoms with Gasteiger partial charge < -0.3 is 10.1 Å². The van der Waals surface area contributed by atoms with Crippen molar-refractivity contribution in [3.8, 4) is 0 Å². The molecule has 0 bridgehead atoms. The minimum Gasteiger partial charge on any atom is -0.373 e. The van der Waals surface area contributed by atoms with Gasteiger partial charge in [-0.2, -0.15) is 0 Å². The van der Waals surface area contributed by atoms with Crippen molar-refractivity contribution in [1.29, 1.82) is 0 Å². The fraction of sp³-hybridized carbons (Fsp3) is 0.643. The number of piperidine rings is 1. The van der Waals surface area contributed by atoms with Gasteiger partial charge in [-0.05, 0) is 30.8 Å². The summed E-state index contributed by atoms with van der Waals surface area (Å²) < 4.78 is 10.1. The molecule has 118 valence electrons. The molecule has 0 aromatic carbocycles. The van der Waals surface area contributed by atoms with Crippen molar-refractivity contribution in [3.05, 3.63) is 22.7 Å². The van der Waals surface area contributed by atoms with Crippen LogP contribution in [-0.2, 0) is 11.3 Å². The summed E-state index contributed by atoms with van der Waals surface area (Å²) in [5, 5.41) is 12.7. The SMILES string of the molecule is c1csc(NC2COC3(CCN(Cc4csnn4)CC3)C2)n1. The van der Waals surface area contributed by atoms with Crippen LogP contribution in [0.5, 0.6) is 0 Å². The summed E-state index contributed by atoms with van der Waals surface area (Å²) >= 11 is 3.07. The van der Waals surface area contributed by atoms with E-state index in [1.54, 1.807) is 11.3 Å². The van der Waals surface area contributed by atoms with Crippen LogP contribution >= 0.6 is 22.9 Å². The second kappa shape index (κ2) is 6.19. The number of rotatable bonds is 4.